The van der Waals surface area contributed by atoms with Crippen molar-refractivity contribution < 1.29 is 14.3 Å². The standard InChI is InChI=1S/C19H28N2O3/c1-14(2)19(23)21-9-5-8-20(10-11-21)18(22)13-16-12-15(3)6-7-17(16)24-4/h6-7,12,14H,5,8-11,13H2,1-4H3. The Morgan fingerprint density at radius 3 is 2.46 bits per heavy atom. The molecular weight excluding hydrogens is 304 g/mol. The molecule has 2 amide bonds. The van der Waals surface area contributed by atoms with Crippen LogP contribution in [0.15, 0.2) is 18.2 Å². The van der Waals surface area contributed by atoms with E-state index in [1.54, 1.807) is 7.11 Å². The van der Waals surface area contributed by atoms with E-state index < -0.39 is 0 Å². The van der Waals surface area contributed by atoms with E-state index in [2.05, 4.69) is 0 Å². The molecule has 0 radical (unpaired) electrons. The van der Waals surface area contributed by atoms with Gasteiger partial charge in [-0.1, -0.05) is 31.5 Å². The monoisotopic (exact) mass is 332 g/mol. The summed E-state index contributed by atoms with van der Waals surface area (Å²) in [6, 6.07) is 5.89. The van der Waals surface area contributed by atoms with Gasteiger partial charge in [0.15, 0.2) is 0 Å². The fourth-order valence-electron chi connectivity index (χ4n) is 3.07. The van der Waals surface area contributed by atoms with Gasteiger partial charge in [0.25, 0.3) is 0 Å². The summed E-state index contributed by atoms with van der Waals surface area (Å²) in [5, 5.41) is 0. The van der Waals surface area contributed by atoms with E-state index >= 15 is 0 Å². The van der Waals surface area contributed by atoms with E-state index in [1.807, 2.05) is 48.8 Å². The molecule has 1 aliphatic heterocycles. The largest absolute Gasteiger partial charge is 0.496 e. The summed E-state index contributed by atoms with van der Waals surface area (Å²) in [4.78, 5) is 28.6. The van der Waals surface area contributed by atoms with Gasteiger partial charge in [0.05, 0.1) is 13.5 Å². The van der Waals surface area contributed by atoms with Crippen LogP contribution < -0.4 is 4.74 Å². The van der Waals surface area contributed by atoms with Crippen molar-refractivity contribution in [3.05, 3.63) is 29.3 Å². The van der Waals surface area contributed by atoms with Crippen LogP contribution in [0.5, 0.6) is 5.75 Å². The molecule has 1 fully saturated rings. The van der Waals surface area contributed by atoms with Crippen molar-refractivity contribution in [1.82, 2.24) is 9.80 Å². The average Bonchev–Trinajstić information content (AvgIpc) is 2.80. The molecule has 24 heavy (non-hydrogen) atoms. The van der Waals surface area contributed by atoms with Crippen LogP contribution in [-0.2, 0) is 16.0 Å². The number of ether oxygens (including phenoxy) is 1. The topological polar surface area (TPSA) is 49.9 Å². The Kier molecular flexibility index (Phi) is 6.23. The lowest BCUT2D eigenvalue weighted by atomic mass is 10.1. The zero-order valence-corrected chi connectivity index (χ0v) is 15.2. The molecule has 1 aliphatic rings. The second-order valence-electron chi connectivity index (χ2n) is 6.71. The number of amides is 2. The summed E-state index contributed by atoms with van der Waals surface area (Å²) in [5.74, 6) is 1.02. The first-order valence-electron chi connectivity index (χ1n) is 8.62. The second kappa shape index (κ2) is 8.18. The average molecular weight is 332 g/mol. The van der Waals surface area contributed by atoms with E-state index in [4.69, 9.17) is 4.74 Å². The SMILES string of the molecule is COc1ccc(C)cc1CC(=O)N1CCCN(C(=O)C(C)C)CC1. The van der Waals surface area contributed by atoms with Crippen molar-refractivity contribution in [3.63, 3.8) is 0 Å². The van der Waals surface area contributed by atoms with Gasteiger partial charge in [-0.3, -0.25) is 9.59 Å². The molecule has 1 heterocycles. The molecular formula is C19H28N2O3. The first-order valence-corrected chi connectivity index (χ1v) is 8.62. The number of methoxy groups -OCH3 is 1. The smallest absolute Gasteiger partial charge is 0.227 e. The van der Waals surface area contributed by atoms with Gasteiger partial charge in [-0.2, -0.15) is 0 Å². The number of benzene rings is 1. The molecule has 1 aromatic rings. The summed E-state index contributed by atoms with van der Waals surface area (Å²) < 4.78 is 5.36. The highest BCUT2D eigenvalue weighted by molar-refractivity contribution is 5.80. The van der Waals surface area contributed by atoms with Crippen molar-refractivity contribution >= 4 is 11.8 Å². The van der Waals surface area contributed by atoms with E-state index in [0.717, 1.165) is 29.8 Å². The lowest BCUT2D eigenvalue weighted by Crippen LogP contribution is -2.39. The maximum Gasteiger partial charge on any atom is 0.227 e. The maximum absolute atomic E-state index is 12.7. The Balaban J connectivity index is 2.01. The fraction of sp³-hybridized carbons (Fsp3) is 0.579. The van der Waals surface area contributed by atoms with Crippen LogP contribution >= 0.6 is 0 Å². The Morgan fingerprint density at radius 1 is 1.12 bits per heavy atom. The van der Waals surface area contributed by atoms with E-state index in [1.165, 1.54) is 0 Å². The first kappa shape index (κ1) is 18.3. The molecule has 1 aromatic carbocycles. The molecule has 5 nitrogen and oxygen atoms in total. The molecule has 132 valence electrons. The number of hydrogen-bond acceptors (Lipinski definition) is 3. The summed E-state index contributed by atoms with van der Waals surface area (Å²) in [6.07, 6.45) is 1.16. The van der Waals surface area contributed by atoms with Gasteiger partial charge in [0, 0.05) is 37.7 Å². The van der Waals surface area contributed by atoms with E-state index in [-0.39, 0.29) is 17.7 Å². The quantitative estimate of drug-likeness (QED) is 0.850. The summed E-state index contributed by atoms with van der Waals surface area (Å²) in [6.45, 7) is 8.50. The lowest BCUT2D eigenvalue weighted by molar-refractivity contribution is -0.135. The fourth-order valence-corrected chi connectivity index (χ4v) is 3.07. The van der Waals surface area contributed by atoms with Gasteiger partial charge in [-0.15, -0.1) is 0 Å². The summed E-state index contributed by atoms with van der Waals surface area (Å²) >= 11 is 0. The van der Waals surface area contributed by atoms with Crippen LogP contribution in [0, 0.1) is 12.8 Å². The highest BCUT2D eigenvalue weighted by Gasteiger charge is 2.23. The third kappa shape index (κ3) is 4.49. The zero-order valence-electron chi connectivity index (χ0n) is 15.2. The third-order valence-corrected chi connectivity index (χ3v) is 4.43. The molecule has 0 saturated carbocycles. The Hall–Kier alpha value is -2.04. The van der Waals surface area contributed by atoms with Gasteiger partial charge >= 0.3 is 0 Å². The van der Waals surface area contributed by atoms with Crippen molar-refractivity contribution in [2.24, 2.45) is 5.92 Å². The van der Waals surface area contributed by atoms with Gasteiger partial charge in [-0.25, -0.2) is 0 Å². The lowest BCUT2D eigenvalue weighted by Gasteiger charge is -2.23. The highest BCUT2D eigenvalue weighted by atomic mass is 16.5. The van der Waals surface area contributed by atoms with E-state index in [0.29, 0.717) is 26.1 Å². The van der Waals surface area contributed by atoms with Gasteiger partial charge in [-0.05, 0) is 19.4 Å². The van der Waals surface area contributed by atoms with Gasteiger partial charge < -0.3 is 14.5 Å². The number of aryl methyl sites for hydroxylation is 1. The Morgan fingerprint density at radius 2 is 1.79 bits per heavy atom. The highest BCUT2D eigenvalue weighted by Crippen LogP contribution is 2.21. The Labute approximate surface area is 144 Å². The van der Waals surface area contributed by atoms with Crippen LogP contribution in [0.3, 0.4) is 0 Å². The van der Waals surface area contributed by atoms with Crippen molar-refractivity contribution in [3.8, 4) is 5.75 Å². The van der Waals surface area contributed by atoms with Gasteiger partial charge in [0.1, 0.15) is 5.75 Å². The van der Waals surface area contributed by atoms with Crippen molar-refractivity contribution in [1.29, 1.82) is 0 Å². The maximum atomic E-state index is 12.7. The van der Waals surface area contributed by atoms with Crippen LogP contribution in [0.4, 0.5) is 0 Å². The Bertz CT molecular complexity index is 598. The van der Waals surface area contributed by atoms with Crippen LogP contribution in [0.25, 0.3) is 0 Å². The number of carbonyl (C=O) groups is 2. The molecule has 0 aliphatic carbocycles. The van der Waals surface area contributed by atoms with Gasteiger partial charge in [0.2, 0.25) is 11.8 Å². The van der Waals surface area contributed by atoms with Crippen LogP contribution in [-0.4, -0.2) is 54.9 Å². The molecule has 5 heteroatoms. The second-order valence-corrected chi connectivity index (χ2v) is 6.71. The van der Waals surface area contributed by atoms with Crippen molar-refractivity contribution in [2.75, 3.05) is 33.3 Å². The minimum atomic E-state index is 0.00352. The zero-order chi connectivity index (χ0) is 17.7. The number of hydrogen-bond donors (Lipinski definition) is 0. The molecule has 2 rings (SSSR count). The molecule has 0 aromatic heterocycles. The number of rotatable bonds is 4. The molecule has 0 atom stereocenters. The third-order valence-electron chi connectivity index (χ3n) is 4.43. The first-order chi connectivity index (χ1) is 11.4. The summed E-state index contributed by atoms with van der Waals surface area (Å²) in [5.41, 5.74) is 2.03. The van der Waals surface area contributed by atoms with Crippen LogP contribution in [0.2, 0.25) is 0 Å². The predicted molar refractivity (Wildman–Crippen MR) is 94.1 cm³/mol. The normalized spacial score (nSPS) is 15.4. The number of nitrogens with zero attached hydrogens (tertiary/aromatic N) is 2. The summed E-state index contributed by atoms with van der Waals surface area (Å²) in [7, 11) is 1.62. The molecule has 0 unspecified atom stereocenters. The van der Waals surface area contributed by atoms with E-state index in [9.17, 15) is 9.59 Å². The molecule has 0 bridgehead atoms. The predicted octanol–water partition coefficient (Wildman–Crippen LogP) is 2.26. The minimum Gasteiger partial charge on any atom is -0.496 e. The number of carbonyl (C=O) groups excluding carboxylic acids is 2. The molecule has 1 saturated heterocycles. The van der Waals surface area contributed by atoms with Crippen molar-refractivity contribution in [2.45, 2.75) is 33.6 Å². The minimum absolute atomic E-state index is 0.00352. The van der Waals surface area contributed by atoms with Crippen LogP contribution in [0.1, 0.15) is 31.4 Å². The molecule has 0 N–H and O–H groups in total. The molecule has 0 spiro atoms.